The summed E-state index contributed by atoms with van der Waals surface area (Å²) in [6, 6.07) is 0. The van der Waals surface area contributed by atoms with E-state index in [1.165, 1.54) is 18.0 Å². The highest BCUT2D eigenvalue weighted by molar-refractivity contribution is 6.26. The highest BCUT2D eigenvalue weighted by Gasteiger charge is 2.12. The number of rotatable bonds is 1. The van der Waals surface area contributed by atoms with Crippen molar-refractivity contribution in [2.24, 2.45) is 0 Å². The molecule has 1 rings (SSSR count). The van der Waals surface area contributed by atoms with Gasteiger partial charge < -0.3 is 4.90 Å². The van der Waals surface area contributed by atoms with Crippen LogP contribution in [0.15, 0.2) is 11.6 Å². The number of nitrogens with zero attached hydrogens (tertiary/aromatic N) is 1. The van der Waals surface area contributed by atoms with Gasteiger partial charge in [0.2, 0.25) is 5.91 Å². The van der Waals surface area contributed by atoms with Crippen LogP contribution in [0.4, 0.5) is 0 Å². The van der Waals surface area contributed by atoms with Crippen LogP contribution >= 0.6 is 11.6 Å². The first-order valence-electron chi connectivity index (χ1n) is 3.90. The van der Waals surface area contributed by atoms with Crippen molar-refractivity contribution in [1.29, 1.82) is 0 Å². The maximum Gasteiger partial charge on any atom is 0.247 e. The fourth-order valence-corrected chi connectivity index (χ4v) is 1.38. The zero-order valence-corrected chi connectivity index (χ0v) is 7.18. The summed E-state index contributed by atoms with van der Waals surface area (Å²) in [4.78, 5) is 13.0. The zero-order valence-electron chi connectivity index (χ0n) is 6.42. The second kappa shape index (κ2) is 4.39. The second-order valence-electron chi connectivity index (χ2n) is 2.68. The molecule has 1 heterocycles. The summed E-state index contributed by atoms with van der Waals surface area (Å²) in [5.74, 6) is 0.0414. The van der Waals surface area contributed by atoms with Crippen LogP contribution < -0.4 is 0 Å². The van der Waals surface area contributed by atoms with Gasteiger partial charge in [0.25, 0.3) is 0 Å². The molecule has 3 heteroatoms. The molecule has 0 aliphatic carbocycles. The topological polar surface area (TPSA) is 20.3 Å². The third kappa shape index (κ3) is 2.54. The van der Waals surface area contributed by atoms with Gasteiger partial charge in [0, 0.05) is 24.7 Å². The first kappa shape index (κ1) is 8.60. The van der Waals surface area contributed by atoms with Crippen LogP contribution in [0.2, 0.25) is 0 Å². The first-order chi connectivity index (χ1) is 5.34. The molecule has 1 saturated heterocycles. The van der Waals surface area contributed by atoms with Gasteiger partial charge in [-0.05, 0) is 19.3 Å². The lowest BCUT2D eigenvalue weighted by molar-refractivity contribution is -0.126. The molecule has 0 aromatic rings. The smallest absolute Gasteiger partial charge is 0.247 e. The second-order valence-corrected chi connectivity index (χ2v) is 2.93. The van der Waals surface area contributed by atoms with E-state index in [0.717, 1.165) is 25.9 Å². The van der Waals surface area contributed by atoms with Gasteiger partial charge in [-0.15, -0.1) is 0 Å². The lowest BCUT2D eigenvalue weighted by Gasteiger charge is -2.25. The summed E-state index contributed by atoms with van der Waals surface area (Å²) in [7, 11) is 0. The lowest BCUT2D eigenvalue weighted by atomic mass is 10.1. The van der Waals surface area contributed by atoms with Crippen LogP contribution in [0.25, 0.3) is 0 Å². The SMILES string of the molecule is O=C(/C=C/Cl)N1CCCCC1. The van der Waals surface area contributed by atoms with Crippen LogP contribution in [0.5, 0.6) is 0 Å². The van der Waals surface area contributed by atoms with Crippen molar-refractivity contribution in [2.75, 3.05) is 13.1 Å². The third-order valence-corrected chi connectivity index (χ3v) is 2.00. The summed E-state index contributed by atoms with van der Waals surface area (Å²) in [6.45, 7) is 1.78. The molecule has 0 radical (unpaired) electrons. The molecule has 0 unspecified atom stereocenters. The maximum absolute atomic E-state index is 11.2. The molecular weight excluding hydrogens is 162 g/mol. The van der Waals surface area contributed by atoms with E-state index in [2.05, 4.69) is 0 Å². The van der Waals surface area contributed by atoms with Gasteiger partial charge in [0.15, 0.2) is 0 Å². The number of carbonyl (C=O) groups excluding carboxylic acids is 1. The molecule has 2 nitrogen and oxygen atoms in total. The average molecular weight is 174 g/mol. The number of carbonyl (C=O) groups is 1. The molecule has 1 fully saturated rings. The summed E-state index contributed by atoms with van der Waals surface area (Å²) >= 11 is 5.29. The Morgan fingerprint density at radius 3 is 2.45 bits per heavy atom. The number of hydrogen-bond donors (Lipinski definition) is 0. The Balaban J connectivity index is 2.38. The molecule has 0 aromatic carbocycles. The van der Waals surface area contributed by atoms with Crippen LogP contribution in [-0.4, -0.2) is 23.9 Å². The molecule has 11 heavy (non-hydrogen) atoms. The number of halogens is 1. The molecule has 0 aromatic heterocycles. The molecule has 1 amide bonds. The monoisotopic (exact) mass is 173 g/mol. The van der Waals surface area contributed by atoms with Gasteiger partial charge in [-0.2, -0.15) is 0 Å². The highest BCUT2D eigenvalue weighted by Crippen LogP contribution is 2.08. The first-order valence-corrected chi connectivity index (χ1v) is 4.34. The van der Waals surface area contributed by atoms with Crippen molar-refractivity contribution in [3.63, 3.8) is 0 Å². The summed E-state index contributed by atoms with van der Waals surface area (Å²) < 4.78 is 0. The number of likely N-dealkylation sites (tertiary alicyclic amines) is 1. The van der Waals surface area contributed by atoms with Gasteiger partial charge in [0.1, 0.15) is 0 Å². The van der Waals surface area contributed by atoms with Crippen LogP contribution in [-0.2, 0) is 4.79 Å². The fraction of sp³-hybridized carbons (Fsp3) is 0.625. The van der Waals surface area contributed by atoms with Crippen LogP contribution in [0.1, 0.15) is 19.3 Å². The summed E-state index contributed by atoms with van der Waals surface area (Å²) in [6.07, 6.45) is 4.91. The van der Waals surface area contributed by atoms with E-state index >= 15 is 0 Å². The van der Waals surface area contributed by atoms with E-state index in [4.69, 9.17) is 11.6 Å². The Morgan fingerprint density at radius 1 is 1.27 bits per heavy atom. The largest absolute Gasteiger partial charge is 0.339 e. The number of amides is 1. The van der Waals surface area contributed by atoms with Gasteiger partial charge in [-0.1, -0.05) is 11.6 Å². The van der Waals surface area contributed by atoms with Gasteiger partial charge >= 0.3 is 0 Å². The molecule has 0 N–H and O–H groups in total. The molecule has 0 spiro atoms. The normalized spacial score (nSPS) is 19.2. The Bertz CT molecular complexity index is 161. The minimum Gasteiger partial charge on any atom is -0.339 e. The van der Waals surface area contributed by atoms with Crippen molar-refractivity contribution in [3.05, 3.63) is 11.6 Å². The average Bonchev–Trinajstić information content (AvgIpc) is 2.07. The predicted molar refractivity (Wildman–Crippen MR) is 45.4 cm³/mol. The Hall–Kier alpha value is -0.500. The number of piperidine rings is 1. The fourth-order valence-electron chi connectivity index (χ4n) is 1.27. The third-order valence-electron chi connectivity index (χ3n) is 1.87. The molecule has 0 atom stereocenters. The highest BCUT2D eigenvalue weighted by atomic mass is 35.5. The van der Waals surface area contributed by atoms with E-state index in [1.54, 1.807) is 0 Å². The Morgan fingerprint density at radius 2 is 1.91 bits per heavy atom. The van der Waals surface area contributed by atoms with Crippen molar-refractivity contribution in [1.82, 2.24) is 4.90 Å². The van der Waals surface area contributed by atoms with Crippen molar-refractivity contribution in [2.45, 2.75) is 19.3 Å². The summed E-state index contributed by atoms with van der Waals surface area (Å²) in [5.41, 5.74) is 1.27. The van der Waals surface area contributed by atoms with E-state index in [0.29, 0.717) is 0 Å². The quantitative estimate of drug-likeness (QED) is 0.554. The molecule has 0 bridgehead atoms. The van der Waals surface area contributed by atoms with E-state index < -0.39 is 0 Å². The maximum atomic E-state index is 11.2. The minimum atomic E-state index is 0.0414. The van der Waals surface area contributed by atoms with Crippen LogP contribution in [0.3, 0.4) is 0 Å². The Kier molecular flexibility index (Phi) is 3.43. The standard InChI is InChI=1S/C8H12ClNO/c9-5-4-8(11)10-6-2-1-3-7-10/h4-5H,1-3,6-7H2/b5-4+. The molecule has 1 aliphatic rings. The van der Waals surface area contributed by atoms with E-state index in [-0.39, 0.29) is 5.91 Å². The van der Waals surface area contributed by atoms with Crippen molar-refractivity contribution < 1.29 is 4.79 Å². The molecular formula is C8H12ClNO. The molecule has 62 valence electrons. The van der Waals surface area contributed by atoms with E-state index in [9.17, 15) is 4.79 Å². The van der Waals surface area contributed by atoms with E-state index in [1.807, 2.05) is 4.90 Å². The molecule has 0 saturated carbocycles. The molecule has 1 aliphatic heterocycles. The van der Waals surface area contributed by atoms with Gasteiger partial charge in [0.05, 0.1) is 0 Å². The van der Waals surface area contributed by atoms with Crippen molar-refractivity contribution >= 4 is 17.5 Å². The summed E-state index contributed by atoms with van der Waals surface area (Å²) in [5, 5.41) is 0. The van der Waals surface area contributed by atoms with Gasteiger partial charge in [-0.25, -0.2) is 0 Å². The number of hydrogen-bond acceptors (Lipinski definition) is 1. The van der Waals surface area contributed by atoms with Crippen molar-refractivity contribution in [3.8, 4) is 0 Å². The van der Waals surface area contributed by atoms with Crippen LogP contribution in [0, 0.1) is 0 Å². The zero-order chi connectivity index (χ0) is 8.10. The predicted octanol–water partition coefficient (Wildman–Crippen LogP) is 1.75. The lowest BCUT2D eigenvalue weighted by Crippen LogP contribution is -2.34. The Labute approximate surface area is 71.8 Å². The van der Waals surface area contributed by atoms with Gasteiger partial charge in [-0.3, -0.25) is 4.79 Å². The minimum absolute atomic E-state index is 0.0414.